The first-order valence-electron chi connectivity index (χ1n) is 13.7. The number of hydrogen-bond donors (Lipinski definition) is 0. The molecule has 0 saturated carbocycles. The molecule has 0 N–H and O–H groups in total. The van der Waals surface area contributed by atoms with Gasteiger partial charge in [0.25, 0.3) is 0 Å². The summed E-state index contributed by atoms with van der Waals surface area (Å²) in [6, 6.07) is 22.7. The van der Waals surface area contributed by atoms with Gasteiger partial charge in [0, 0.05) is 44.1 Å². The Morgan fingerprint density at radius 1 is 0.923 bits per heavy atom. The number of halogens is 1. The number of aromatic nitrogens is 2. The van der Waals surface area contributed by atoms with Crippen LogP contribution in [0.4, 0.5) is 10.1 Å². The molecular formula is C31H34FN5O2. The minimum atomic E-state index is -0.257. The Labute approximate surface area is 228 Å². The smallest absolute Gasteiger partial charge is 0.227 e. The molecule has 0 spiro atoms. The maximum Gasteiger partial charge on any atom is 0.227 e. The van der Waals surface area contributed by atoms with Gasteiger partial charge in [-0.3, -0.25) is 14.3 Å². The van der Waals surface area contributed by atoms with E-state index < -0.39 is 0 Å². The van der Waals surface area contributed by atoms with E-state index >= 15 is 0 Å². The maximum atomic E-state index is 13.6. The second-order valence-corrected chi connectivity index (χ2v) is 10.4. The van der Waals surface area contributed by atoms with Gasteiger partial charge in [0.1, 0.15) is 17.4 Å². The van der Waals surface area contributed by atoms with E-state index in [1.165, 1.54) is 12.1 Å². The Balaban J connectivity index is 1.12. The van der Waals surface area contributed by atoms with Crippen molar-refractivity contribution in [2.75, 3.05) is 51.3 Å². The number of benzene rings is 3. The number of imidazole rings is 1. The summed E-state index contributed by atoms with van der Waals surface area (Å²) in [5.41, 5.74) is 3.96. The third-order valence-electron chi connectivity index (χ3n) is 7.96. The van der Waals surface area contributed by atoms with Gasteiger partial charge >= 0.3 is 0 Å². The van der Waals surface area contributed by atoms with Crippen molar-refractivity contribution in [3.63, 3.8) is 0 Å². The molecule has 3 heterocycles. The van der Waals surface area contributed by atoms with Crippen LogP contribution in [0.5, 0.6) is 5.75 Å². The van der Waals surface area contributed by atoms with Crippen molar-refractivity contribution in [2.45, 2.75) is 19.4 Å². The molecular weight excluding hydrogens is 493 g/mol. The average molecular weight is 528 g/mol. The molecule has 2 saturated heterocycles. The van der Waals surface area contributed by atoms with E-state index in [9.17, 15) is 9.18 Å². The standard InChI is InChI=1S/C31H34FN5O2/c1-39-27-14-12-25(13-15-27)35-17-19-36(20-18-35)31(38)23-5-4-16-34(21-23)22-30-33-28-6-2-3-7-29(28)37(30)26-10-8-24(32)9-11-26/h2-3,6-15,23H,4-5,16-22H2,1H3/t23-/m0/s1. The first-order chi connectivity index (χ1) is 19.1. The van der Waals surface area contributed by atoms with Crippen LogP contribution < -0.4 is 9.64 Å². The fourth-order valence-corrected chi connectivity index (χ4v) is 5.90. The monoisotopic (exact) mass is 527 g/mol. The fourth-order valence-electron chi connectivity index (χ4n) is 5.90. The normalized spacial score (nSPS) is 18.5. The van der Waals surface area contributed by atoms with Gasteiger partial charge in [-0.05, 0) is 80.1 Å². The van der Waals surface area contributed by atoms with Crippen LogP contribution in [0.2, 0.25) is 0 Å². The molecule has 39 heavy (non-hydrogen) atoms. The van der Waals surface area contributed by atoms with Crippen molar-refractivity contribution in [3.8, 4) is 11.4 Å². The molecule has 7 nitrogen and oxygen atoms in total. The first kappa shape index (κ1) is 25.4. The molecule has 0 bridgehead atoms. The lowest BCUT2D eigenvalue weighted by Crippen LogP contribution is -2.52. The fraction of sp³-hybridized carbons (Fsp3) is 0.355. The Morgan fingerprint density at radius 2 is 1.64 bits per heavy atom. The molecule has 6 rings (SSSR count). The molecule has 2 aliphatic heterocycles. The Bertz CT molecular complexity index is 1430. The number of para-hydroxylation sites is 2. The summed E-state index contributed by atoms with van der Waals surface area (Å²) in [6.07, 6.45) is 1.90. The zero-order valence-corrected chi connectivity index (χ0v) is 22.3. The molecule has 8 heteroatoms. The van der Waals surface area contributed by atoms with E-state index in [1.54, 1.807) is 19.2 Å². The average Bonchev–Trinajstić information content (AvgIpc) is 3.35. The van der Waals surface area contributed by atoms with Crippen LogP contribution in [-0.4, -0.2) is 71.6 Å². The van der Waals surface area contributed by atoms with Gasteiger partial charge in [0.05, 0.1) is 30.6 Å². The zero-order valence-electron chi connectivity index (χ0n) is 22.3. The van der Waals surface area contributed by atoms with Gasteiger partial charge in [-0.1, -0.05) is 12.1 Å². The highest BCUT2D eigenvalue weighted by molar-refractivity contribution is 5.80. The third kappa shape index (κ3) is 5.34. The quantitative estimate of drug-likeness (QED) is 0.363. The lowest BCUT2D eigenvalue weighted by molar-refractivity contribution is -0.137. The predicted molar refractivity (Wildman–Crippen MR) is 151 cm³/mol. The number of piperidine rings is 1. The van der Waals surface area contributed by atoms with Crippen LogP contribution >= 0.6 is 0 Å². The minimum absolute atomic E-state index is 0.00469. The van der Waals surface area contributed by atoms with E-state index in [1.807, 2.05) is 41.3 Å². The highest BCUT2D eigenvalue weighted by Gasteiger charge is 2.31. The number of nitrogens with zero attached hydrogens (tertiary/aromatic N) is 5. The van der Waals surface area contributed by atoms with Gasteiger partial charge < -0.3 is 14.5 Å². The van der Waals surface area contributed by atoms with E-state index in [0.717, 1.165) is 86.1 Å². The van der Waals surface area contributed by atoms with E-state index in [2.05, 4.69) is 26.5 Å². The van der Waals surface area contributed by atoms with Crippen LogP contribution in [0.3, 0.4) is 0 Å². The summed E-state index contributed by atoms with van der Waals surface area (Å²) in [5.74, 6) is 1.76. The van der Waals surface area contributed by atoms with Gasteiger partial charge in [-0.15, -0.1) is 0 Å². The molecule has 0 aliphatic carbocycles. The molecule has 0 unspecified atom stereocenters. The zero-order chi connectivity index (χ0) is 26.8. The lowest BCUT2D eigenvalue weighted by Gasteiger charge is -2.39. The number of hydrogen-bond acceptors (Lipinski definition) is 5. The summed E-state index contributed by atoms with van der Waals surface area (Å²) in [6.45, 7) is 5.43. The molecule has 3 aromatic carbocycles. The van der Waals surface area contributed by atoms with Crippen LogP contribution in [0.25, 0.3) is 16.7 Å². The number of piperazine rings is 1. The lowest BCUT2D eigenvalue weighted by atomic mass is 9.96. The summed E-state index contributed by atoms with van der Waals surface area (Å²) in [4.78, 5) is 25.2. The number of rotatable bonds is 6. The summed E-state index contributed by atoms with van der Waals surface area (Å²) >= 11 is 0. The molecule has 4 aromatic rings. The highest BCUT2D eigenvalue weighted by atomic mass is 19.1. The van der Waals surface area contributed by atoms with Gasteiger partial charge in [-0.2, -0.15) is 0 Å². The number of methoxy groups -OCH3 is 1. The topological polar surface area (TPSA) is 53.8 Å². The summed E-state index contributed by atoms with van der Waals surface area (Å²) in [7, 11) is 1.67. The van der Waals surface area contributed by atoms with Crippen LogP contribution in [-0.2, 0) is 11.3 Å². The first-order valence-corrected chi connectivity index (χ1v) is 13.7. The van der Waals surface area contributed by atoms with Crippen LogP contribution in [0, 0.1) is 11.7 Å². The van der Waals surface area contributed by atoms with Crippen molar-refractivity contribution in [1.29, 1.82) is 0 Å². The minimum Gasteiger partial charge on any atom is -0.497 e. The number of anilines is 1. The van der Waals surface area contributed by atoms with Crippen molar-refractivity contribution in [2.24, 2.45) is 5.92 Å². The second kappa shape index (κ2) is 11.1. The molecule has 2 fully saturated rings. The van der Waals surface area contributed by atoms with Crippen LogP contribution in [0.15, 0.2) is 72.8 Å². The van der Waals surface area contributed by atoms with Crippen molar-refractivity contribution < 1.29 is 13.9 Å². The molecule has 0 radical (unpaired) electrons. The molecule has 1 atom stereocenters. The maximum absolute atomic E-state index is 13.6. The third-order valence-corrected chi connectivity index (χ3v) is 7.96. The predicted octanol–water partition coefficient (Wildman–Crippen LogP) is 4.73. The van der Waals surface area contributed by atoms with E-state index in [-0.39, 0.29) is 17.6 Å². The van der Waals surface area contributed by atoms with Gasteiger partial charge in [-0.25, -0.2) is 9.37 Å². The Hall–Kier alpha value is -3.91. The van der Waals surface area contributed by atoms with Crippen molar-refractivity contribution >= 4 is 22.6 Å². The van der Waals surface area contributed by atoms with Gasteiger partial charge in [0.15, 0.2) is 0 Å². The number of fused-ring (bicyclic) bond motifs is 1. The van der Waals surface area contributed by atoms with Crippen molar-refractivity contribution in [3.05, 3.63) is 84.4 Å². The SMILES string of the molecule is COc1ccc(N2CCN(C(=O)[C@H]3CCCN(Cc4nc5ccccc5n4-c4ccc(F)cc4)C3)CC2)cc1. The second-order valence-electron chi connectivity index (χ2n) is 10.4. The molecule has 2 aliphatic rings. The number of carbonyl (C=O) groups is 1. The van der Waals surface area contributed by atoms with Crippen LogP contribution in [0.1, 0.15) is 18.7 Å². The molecule has 202 valence electrons. The van der Waals surface area contributed by atoms with E-state index in [4.69, 9.17) is 9.72 Å². The largest absolute Gasteiger partial charge is 0.497 e. The highest BCUT2D eigenvalue weighted by Crippen LogP contribution is 2.27. The molecule has 1 amide bonds. The number of carbonyl (C=O) groups excluding carboxylic acids is 1. The number of likely N-dealkylation sites (tertiary alicyclic amines) is 1. The number of ether oxygens (including phenoxy) is 1. The summed E-state index contributed by atoms with van der Waals surface area (Å²) in [5, 5.41) is 0. The molecule has 1 aromatic heterocycles. The Kier molecular flexibility index (Phi) is 7.20. The number of amides is 1. The van der Waals surface area contributed by atoms with E-state index in [0.29, 0.717) is 6.54 Å². The summed E-state index contributed by atoms with van der Waals surface area (Å²) < 4.78 is 21.0. The van der Waals surface area contributed by atoms with Gasteiger partial charge in [0.2, 0.25) is 5.91 Å². The Morgan fingerprint density at radius 3 is 2.38 bits per heavy atom. The van der Waals surface area contributed by atoms with Crippen molar-refractivity contribution in [1.82, 2.24) is 19.4 Å².